The van der Waals surface area contributed by atoms with Crippen LogP contribution in [0.3, 0.4) is 0 Å². The van der Waals surface area contributed by atoms with Crippen LogP contribution in [0.15, 0.2) is 18.2 Å². The van der Waals surface area contributed by atoms with E-state index < -0.39 is 5.97 Å². The number of carboxylic acid groups (broad SMARTS) is 1. The van der Waals surface area contributed by atoms with Crippen molar-refractivity contribution in [1.82, 2.24) is 9.97 Å². The molecule has 0 aliphatic rings. The van der Waals surface area contributed by atoms with Crippen LogP contribution in [-0.2, 0) is 17.6 Å². The molecular formula is C23H34N4O3S. The van der Waals surface area contributed by atoms with Crippen molar-refractivity contribution < 1.29 is 14.6 Å². The van der Waals surface area contributed by atoms with Crippen LogP contribution in [0, 0.1) is 6.92 Å². The van der Waals surface area contributed by atoms with Crippen LogP contribution in [0.25, 0.3) is 0 Å². The van der Waals surface area contributed by atoms with Crippen LogP contribution >= 0.6 is 11.8 Å². The second-order valence-electron chi connectivity index (χ2n) is 7.65. The Morgan fingerprint density at radius 3 is 2.74 bits per heavy atom. The van der Waals surface area contributed by atoms with Crippen molar-refractivity contribution in [2.24, 2.45) is 0 Å². The number of hydrogen-bond acceptors (Lipinski definition) is 7. The van der Waals surface area contributed by atoms with Crippen molar-refractivity contribution in [3.8, 4) is 5.75 Å². The zero-order valence-corrected chi connectivity index (χ0v) is 19.7. The SMILES string of the molecule is CCCC[C@@H](CCSC)Nc1nc(N)nc(C)c1Cc1cc(CC(=O)O)ccc1OC. The third-order valence-electron chi connectivity index (χ3n) is 5.22. The van der Waals surface area contributed by atoms with Gasteiger partial charge in [-0.3, -0.25) is 4.79 Å². The Bertz CT molecular complexity index is 868. The Kier molecular flexibility index (Phi) is 9.91. The van der Waals surface area contributed by atoms with Crippen LogP contribution in [0.1, 0.15) is 55.0 Å². The quantitative estimate of drug-likeness (QED) is 0.417. The number of benzene rings is 1. The predicted molar refractivity (Wildman–Crippen MR) is 128 cm³/mol. The van der Waals surface area contributed by atoms with Gasteiger partial charge in [-0.2, -0.15) is 16.7 Å². The molecule has 0 amide bonds. The lowest BCUT2D eigenvalue weighted by molar-refractivity contribution is -0.136. The highest BCUT2D eigenvalue weighted by Crippen LogP contribution is 2.28. The van der Waals surface area contributed by atoms with Crippen LogP contribution in [0.5, 0.6) is 5.75 Å². The zero-order chi connectivity index (χ0) is 22.8. The monoisotopic (exact) mass is 446 g/mol. The maximum absolute atomic E-state index is 11.2. The fourth-order valence-corrected chi connectivity index (χ4v) is 4.11. The van der Waals surface area contributed by atoms with Crippen molar-refractivity contribution >= 4 is 29.5 Å². The Balaban J connectivity index is 2.39. The number of carboxylic acids is 1. The number of carbonyl (C=O) groups is 1. The summed E-state index contributed by atoms with van der Waals surface area (Å²) < 4.78 is 5.53. The molecule has 0 aliphatic carbocycles. The summed E-state index contributed by atoms with van der Waals surface area (Å²) in [5, 5.41) is 12.8. The van der Waals surface area contributed by atoms with E-state index in [1.54, 1.807) is 13.2 Å². The molecule has 0 unspecified atom stereocenters. The summed E-state index contributed by atoms with van der Waals surface area (Å²) in [5.74, 6) is 1.91. The van der Waals surface area contributed by atoms with E-state index in [4.69, 9.17) is 15.6 Å². The first kappa shape index (κ1) is 24.8. The van der Waals surface area contributed by atoms with E-state index in [0.29, 0.717) is 18.2 Å². The average molecular weight is 447 g/mol. The van der Waals surface area contributed by atoms with Crippen molar-refractivity contribution in [1.29, 1.82) is 0 Å². The van der Waals surface area contributed by atoms with Gasteiger partial charge in [-0.15, -0.1) is 0 Å². The maximum atomic E-state index is 11.2. The van der Waals surface area contributed by atoms with Gasteiger partial charge in [0, 0.05) is 23.7 Å². The number of rotatable bonds is 13. The highest BCUT2D eigenvalue weighted by Gasteiger charge is 2.18. The minimum Gasteiger partial charge on any atom is -0.496 e. The normalized spacial score (nSPS) is 11.9. The lowest BCUT2D eigenvalue weighted by atomic mass is 9.99. The van der Waals surface area contributed by atoms with E-state index in [1.165, 1.54) is 0 Å². The molecule has 7 nitrogen and oxygen atoms in total. The standard InChI is InChI=1S/C23H34N4O3S/c1-5-6-7-18(10-11-31-4)26-22-19(15(2)25-23(24)27-22)14-17-12-16(13-21(28)29)8-9-20(17)30-3/h8-9,12,18H,5-7,10-11,13-14H2,1-4H3,(H,28,29)(H3,24,25,26,27)/t18-/m0/s1. The minimum atomic E-state index is -0.863. The third kappa shape index (κ3) is 7.61. The van der Waals surface area contributed by atoms with Gasteiger partial charge in [0.15, 0.2) is 0 Å². The Labute approximate surface area is 189 Å². The molecule has 0 fully saturated rings. The molecule has 0 radical (unpaired) electrons. The number of aliphatic carboxylic acids is 1. The van der Waals surface area contributed by atoms with Crippen LogP contribution in [0.4, 0.5) is 11.8 Å². The van der Waals surface area contributed by atoms with Crippen molar-refractivity contribution in [3.63, 3.8) is 0 Å². The molecule has 4 N–H and O–H groups in total. The van der Waals surface area contributed by atoms with Gasteiger partial charge in [0.05, 0.1) is 13.5 Å². The highest BCUT2D eigenvalue weighted by molar-refractivity contribution is 7.98. The minimum absolute atomic E-state index is 0.0346. The lowest BCUT2D eigenvalue weighted by Crippen LogP contribution is -2.23. The van der Waals surface area contributed by atoms with Gasteiger partial charge < -0.3 is 20.9 Å². The molecule has 0 saturated heterocycles. The Morgan fingerprint density at radius 2 is 2.10 bits per heavy atom. The van der Waals surface area contributed by atoms with Crippen molar-refractivity contribution in [2.45, 2.75) is 58.4 Å². The number of ether oxygens (including phenoxy) is 1. The summed E-state index contributed by atoms with van der Waals surface area (Å²) in [6, 6.07) is 5.79. The summed E-state index contributed by atoms with van der Waals surface area (Å²) in [5.41, 5.74) is 9.36. The van der Waals surface area contributed by atoms with Crippen LogP contribution in [0.2, 0.25) is 0 Å². The zero-order valence-electron chi connectivity index (χ0n) is 18.9. The molecular weight excluding hydrogens is 412 g/mol. The Morgan fingerprint density at radius 1 is 1.32 bits per heavy atom. The molecule has 0 spiro atoms. The number of nitrogens with one attached hydrogen (secondary N) is 1. The number of unbranched alkanes of at least 4 members (excludes halogenated alkanes) is 1. The highest BCUT2D eigenvalue weighted by atomic mass is 32.2. The Hall–Kier alpha value is -2.48. The maximum Gasteiger partial charge on any atom is 0.307 e. The van der Waals surface area contributed by atoms with E-state index in [2.05, 4.69) is 28.5 Å². The number of aryl methyl sites for hydroxylation is 1. The molecule has 0 bridgehead atoms. The molecule has 2 aromatic rings. The number of hydrogen-bond donors (Lipinski definition) is 3. The van der Waals surface area contributed by atoms with Gasteiger partial charge in [0.1, 0.15) is 11.6 Å². The predicted octanol–water partition coefficient (Wildman–Crippen LogP) is 4.32. The molecule has 1 heterocycles. The third-order valence-corrected chi connectivity index (χ3v) is 5.86. The molecule has 0 aliphatic heterocycles. The fraction of sp³-hybridized carbons (Fsp3) is 0.522. The van der Waals surface area contributed by atoms with Gasteiger partial charge in [-0.25, -0.2) is 4.98 Å². The van der Waals surface area contributed by atoms with Crippen molar-refractivity contribution in [3.05, 3.63) is 40.6 Å². The van der Waals surface area contributed by atoms with E-state index >= 15 is 0 Å². The number of nitrogen functional groups attached to an aromatic ring is 1. The van der Waals surface area contributed by atoms with Gasteiger partial charge in [-0.1, -0.05) is 31.9 Å². The molecule has 0 saturated carbocycles. The average Bonchev–Trinajstić information content (AvgIpc) is 2.72. The van der Waals surface area contributed by atoms with Gasteiger partial charge >= 0.3 is 5.97 Å². The van der Waals surface area contributed by atoms with Gasteiger partial charge in [0.25, 0.3) is 0 Å². The molecule has 1 aromatic carbocycles. The number of thioether (sulfide) groups is 1. The summed E-state index contributed by atoms with van der Waals surface area (Å²) >= 11 is 1.84. The number of anilines is 2. The number of nitrogens with two attached hydrogens (primary N) is 1. The summed E-state index contributed by atoms with van der Waals surface area (Å²) in [6.45, 7) is 4.12. The second-order valence-corrected chi connectivity index (χ2v) is 8.64. The topological polar surface area (TPSA) is 110 Å². The van der Waals surface area contributed by atoms with Crippen LogP contribution < -0.4 is 15.8 Å². The molecule has 2 rings (SSSR count). The molecule has 1 aromatic heterocycles. The largest absolute Gasteiger partial charge is 0.496 e. The molecule has 8 heteroatoms. The summed E-state index contributed by atoms with van der Waals surface area (Å²) in [7, 11) is 1.62. The second kappa shape index (κ2) is 12.4. The summed E-state index contributed by atoms with van der Waals surface area (Å²) in [4.78, 5) is 20.1. The number of aromatic nitrogens is 2. The molecule has 170 valence electrons. The van der Waals surface area contributed by atoms with E-state index in [-0.39, 0.29) is 12.4 Å². The van der Waals surface area contributed by atoms with Crippen molar-refractivity contribution in [2.75, 3.05) is 30.2 Å². The summed E-state index contributed by atoms with van der Waals surface area (Å²) in [6.07, 6.45) is 7.00. The fourth-order valence-electron chi connectivity index (χ4n) is 3.59. The first-order chi connectivity index (χ1) is 14.9. The number of methoxy groups -OCH3 is 1. The molecule has 1 atom stereocenters. The number of nitrogens with zero attached hydrogens (tertiary/aromatic N) is 2. The van der Waals surface area contributed by atoms with Crippen LogP contribution in [-0.4, -0.2) is 46.2 Å². The molecule has 31 heavy (non-hydrogen) atoms. The van der Waals surface area contributed by atoms with Gasteiger partial charge in [-0.05, 0) is 49.0 Å². The first-order valence-electron chi connectivity index (χ1n) is 10.6. The lowest BCUT2D eigenvalue weighted by Gasteiger charge is -2.22. The van der Waals surface area contributed by atoms with E-state index in [0.717, 1.165) is 59.6 Å². The van der Waals surface area contributed by atoms with E-state index in [1.807, 2.05) is 30.8 Å². The van der Waals surface area contributed by atoms with Gasteiger partial charge in [0.2, 0.25) is 5.95 Å². The first-order valence-corrected chi connectivity index (χ1v) is 12.0. The smallest absolute Gasteiger partial charge is 0.307 e. The van der Waals surface area contributed by atoms with E-state index in [9.17, 15) is 4.79 Å².